The van der Waals surface area contributed by atoms with Crippen molar-refractivity contribution in [2.24, 2.45) is 0 Å². The van der Waals surface area contributed by atoms with E-state index < -0.39 is 0 Å². The van der Waals surface area contributed by atoms with Crippen LogP contribution >= 0.6 is 0 Å². The summed E-state index contributed by atoms with van der Waals surface area (Å²) >= 11 is 0. The number of para-hydroxylation sites is 1. The van der Waals surface area contributed by atoms with Crippen molar-refractivity contribution in [3.63, 3.8) is 0 Å². The van der Waals surface area contributed by atoms with Crippen molar-refractivity contribution >= 4 is 65.0 Å². The largest absolute Gasteiger partial charge is 0.247 e. The van der Waals surface area contributed by atoms with Gasteiger partial charge in [-0.2, -0.15) is 0 Å². The Hall–Kier alpha value is -6.45. The van der Waals surface area contributed by atoms with Gasteiger partial charge in [-0.1, -0.05) is 146 Å². The van der Waals surface area contributed by atoms with E-state index in [2.05, 4.69) is 146 Å². The minimum Gasteiger partial charge on any atom is -0.247 e. The Labute approximate surface area is 276 Å². The van der Waals surface area contributed by atoms with E-state index in [-0.39, 0.29) is 0 Å². The van der Waals surface area contributed by atoms with E-state index in [0.717, 1.165) is 77.3 Å². The number of benzene rings is 7. The monoisotopic (exact) mass is 609 g/mol. The summed E-state index contributed by atoms with van der Waals surface area (Å²) in [4.78, 5) is 15.8. The van der Waals surface area contributed by atoms with Gasteiger partial charge in [0.2, 0.25) is 0 Å². The predicted molar refractivity (Wildman–Crippen MR) is 201 cm³/mol. The fourth-order valence-electron chi connectivity index (χ4n) is 7.34. The Bertz CT molecular complexity index is 2880. The third kappa shape index (κ3) is 4.11. The summed E-state index contributed by atoms with van der Waals surface area (Å²) in [6, 6.07) is 57.8. The molecule has 7 aromatic carbocycles. The van der Waals surface area contributed by atoms with Crippen LogP contribution in [0.3, 0.4) is 0 Å². The normalized spacial score (nSPS) is 11.8. The first-order valence-electron chi connectivity index (χ1n) is 16.3. The maximum absolute atomic E-state index is 5.32. The van der Waals surface area contributed by atoms with Gasteiger partial charge in [-0.25, -0.2) is 15.0 Å². The van der Waals surface area contributed by atoms with Crippen molar-refractivity contribution in [2.45, 2.75) is 0 Å². The van der Waals surface area contributed by atoms with Gasteiger partial charge in [-0.05, 0) is 39.7 Å². The number of hydrogen-bond acceptors (Lipinski definition) is 3. The summed E-state index contributed by atoms with van der Waals surface area (Å²) in [5.74, 6) is 0. The molecular formula is C45H27N3. The molecular weight excluding hydrogens is 583 g/mol. The van der Waals surface area contributed by atoms with Crippen LogP contribution in [0.5, 0.6) is 0 Å². The van der Waals surface area contributed by atoms with Crippen molar-refractivity contribution in [3.8, 4) is 33.8 Å². The summed E-state index contributed by atoms with van der Waals surface area (Å²) in [5.41, 5.74) is 8.97. The second kappa shape index (κ2) is 10.5. The van der Waals surface area contributed by atoms with Crippen LogP contribution < -0.4 is 0 Å². The first kappa shape index (κ1) is 26.7. The fraction of sp³-hybridized carbons (Fsp3) is 0. The lowest BCUT2D eigenvalue weighted by molar-refractivity contribution is 1.37. The number of hydrogen-bond donors (Lipinski definition) is 0. The second-order valence-electron chi connectivity index (χ2n) is 12.4. The maximum Gasteiger partial charge on any atom is 0.0972 e. The summed E-state index contributed by atoms with van der Waals surface area (Å²) in [6.07, 6.45) is 0. The molecule has 3 heterocycles. The minimum atomic E-state index is 0.907. The Morgan fingerprint density at radius 1 is 0.312 bits per heavy atom. The van der Waals surface area contributed by atoms with E-state index in [9.17, 15) is 0 Å². The molecule has 0 spiro atoms. The number of pyridine rings is 3. The molecule has 48 heavy (non-hydrogen) atoms. The van der Waals surface area contributed by atoms with Crippen LogP contribution in [0, 0.1) is 0 Å². The minimum absolute atomic E-state index is 0.907. The summed E-state index contributed by atoms with van der Waals surface area (Å²) in [7, 11) is 0. The molecule has 0 amide bonds. The summed E-state index contributed by atoms with van der Waals surface area (Å²) < 4.78 is 0. The van der Waals surface area contributed by atoms with Gasteiger partial charge in [0.1, 0.15) is 0 Å². The van der Waals surface area contributed by atoms with Crippen molar-refractivity contribution in [2.75, 3.05) is 0 Å². The third-order valence-corrected chi connectivity index (χ3v) is 9.63. The number of fused-ring (bicyclic) bond motifs is 9. The highest BCUT2D eigenvalue weighted by Gasteiger charge is 2.17. The van der Waals surface area contributed by atoms with Crippen LogP contribution in [0.1, 0.15) is 0 Å². The summed E-state index contributed by atoms with van der Waals surface area (Å²) in [6.45, 7) is 0. The molecule has 0 radical (unpaired) electrons. The lowest BCUT2D eigenvalue weighted by atomic mass is 9.91. The van der Waals surface area contributed by atoms with Crippen molar-refractivity contribution in [3.05, 3.63) is 164 Å². The third-order valence-electron chi connectivity index (χ3n) is 9.63. The van der Waals surface area contributed by atoms with Crippen LogP contribution in [-0.2, 0) is 0 Å². The molecule has 10 rings (SSSR count). The van der Waals surface area contributed by atoms with Crippen LogP contribution in [0.25, 0.3) is 98.8 Å². The zero-order valence-corrected chi connectivity index (χ0v) is 25.9. The highest BCUT2D eigenvalue weighted by atomic mass is 14.8. The van der Waals surface area contributed by atoms with Gasteiger partial charge in [0, 0.05) is 43.6 Å². The molecule has 0 saturated heterocycles. The van der Waals surface area contributed by atoms with Crippen molar-refractivity contribution in [1.29, 1.82) is 0 Å². The van der Waals surface area contributed by atoms with Crippen molar-refractivity contribution < 1.29 is 0 Å². The average Bonchev–Trinajstić information content (AvgIpc) is 3.17. The Kier molecular flexibility index (Phi) is 5.87. The van der Waals surface area contributed by atoms with E-state index in [1.54, 1.807) is 0 Å². The lowest BCUT2D eigenvalue weighted by Gasteiger charge is -2.16. The van der Waals surface area contributed by atoms with E-state index in [0.29, 0.717) is 0 Å². The van der Waals surface area contributed by atoms with Gasteiger partial charge in [-0.15, -0.1) is 0 Å². The number of nitrogens with zero attached hydrogens (tertiary/aromatic N) is 3. The van der Waals surface area contributed by atoms with Crippen LogP contribution in [0.2, 0.25) is 0 Å². The van der Waals surface area contributed by atoms with E-state index in [1.807, 2.05) is 18.2 Å². The molecule has 3 nitrogen and oxygen atoms in total. The van der Waals surface area contributed by atoms with Crippen LogP contribution in [0.4, 0.5) is 0 Å². The molecule has 0 bridgehead atoms. The van der Waals surface area contributed by atoms with E-state index in [4.69, 9.17) is 15.0 Å². The van der Waals surface area contributed by atoms with Crippen LogP contribution in [0.15, 0.2) is 164 Å². The first-order chi connectivity index (χ1) is 23.8. The number of aromatic nitrogens is 3. The molecule has 3 heteroatoms. The molecule has 0 atom stereocenters. The number of rotatable bonds is 3. The van der Waals surface area contributed by atoms with Gasteiger partial charge < -0.3 is 0 Å². The molecule has 0 aliphatic rings. The average molecular weight is 610 g/mol. The fourth-order valence-corrected chi connectivity index (χ4v) is 7.34. The molecule has 0 saturated carbocycles. The van der Waals surface area contributed by atoms with Crippen LogP contribution in [-0.4, -0.2) is 15.0 Å². The second-order valence-corrected chi connectivity index (χ2v) is 12.4. The first-order valence-corrected chi connectivity index (χ1v) is 16.3. The van der Waals surface area contributed by atoms with E-state index in [1.165, 1.54) is 21.5 Å². The molecule has 0 N–H and O–H groups in total. The Morgan fingerprint density at radius 3 is 1.67 bits per heavy atom. The molecule has 0 aliphatic carbocycles. The Morgan fingerprint density at radius 2 is 0.875 bits per heavy atom. The molecule has 10 aromatic rings. The maximum atomic E-state index is 5.32. The lowest BCUT2D eigenvalue weighted by Crippen LogP contribution is -1.94. The standard InChI is InChI=1S/C45H27N3/c1-2-11-29(12-3-1)39-26-21-30-18-19-31-22-27-41(47-44(31)43(30)46-39)35-24-25-36(34-15-7-6-14-33(34)35)45-38-23-20-28-10-4-5-13-32(28)42(38)37-16-8-9-17-40(37)48-45/h1-27H. The van der Waals surface area contributed by atoms with Gasteiger partial charge >= 0.3 is 0 Å². The van der Waals surface area contributed by atoms with Gasteiger partial charge in [0.05, 0.1) is 33.6 Å². The Balaban J connectivity index is 1.20. The van der Waals surface area contributed by atoms with Gasteiger partial charge in [0.25, 0.3) is 0 Å². The zero-order chi connectivity index (χ0) is 31.6. The molecule has 3 aromatic heterocycles. The highest BCUT2D eigenvalue weighted by molar-refractivity contribution is 6.23. The van der Waals surface area contributed by atoms with Gasteiger partial charge in [0.15, 0.2) is 0 Å². The molecule has 0 unspecified atom stereocenters. The molecule has 222 valence electrons. The van der Waals surface area contributed by atoms with Gasteiger partial charge in [-0.3, -0.25) is 0 Å². The SMILES string of the molecule is c1ccc(-c2ccc3ccc4ccc(-c5ccc(-c6nc7ccccc7c7c6ccc6ccccc67)c6ccccc56)nc4c3n2)cc1. The topological polar surface area (TPSA) is 38.7 Å². The molecule has 0 fully saturated rings. The van der Waals surface area contributed by atoms with E-state index >= 15 is 0 Å². The summed E-state index contributed by atoms with van der Waals surface area (Å²) in [5, 5.41) is 10.5. The highest BCUT2D eigenvalue weighted by Crippen LogP contribution is 2.41. The van der Waals surface area contributed by atoms with Crippen molar-refractivity contribution in [1.82, 2.24) is 15.0 Å². The predicted octanol–water partition coefficient (Wildman–Crippen LogP) is 11.8. The smallest absolute Gasteiger partial charge is 0.0972 e. The zero-order valence-electron chi connectivity index (χ0n) is 25.9. The quantitative estimate of drug-likeness (QED) is 0.187. The molecule has 0 aliphatic heterocycles.